The van der Waals surface area contributed by atoms with Crippen LogP contribution >= 0.6 is 0 Å². The largest absolute Gasteiger partial charge is 0.692 e. The van der Waals surface area contributed by atoms with Crippen molar-refractivity contribution in [2.75, 3.05) is 0 Å². The van der Waals surface area contributed by atoms with Gasteiger partial charge in [-0.1, -0.05) is 36.8 Å². The smallest absolute Gasteiger partial charge is 0.367 e. The second-order valence-corrected chi connectivity index (χ2v) is 9.66. The maximum atomic E-state index is 9.22. The van der Waals surface area contributed by atoms with Crippen LogP contribution in [0.5, 0.6) is 0 Å². The maximum Gasteiger partial charge on any atom is 0.692 e. The molecular formula is C11H18O5Si2. The van der Waals surface area contributed by atoms with Crippen LogP contribution in [0.1, 0.15) is 18.4 Å². The van der Waals surface area contributed by atoms with Gasteiger partial charge in [-0.15, -0.1) is 0 Å². The first-order valence-corrected chi connectivity index (χ1v) is 10.3. The fourth-order valence-electron chi connectivity index (χ4n) is 1.97. The molecule has 5 nitrogen and oxygen atoms in total. The van der Waals surface area contributed by atoms with E-state index in [0.29, 0.717) is 6.04 Å². The second kappa shape index (κ2) is 5.62. The highest BCUT2D eigenvalue weighted by Crippen LogP contribution is 2.27. The third kappa shape index (κ3) is 3.99. The number of benzene rings is 1. The molecule has 1 saturated heterocycles. The van der Waals surface area contributed by atoms with E-state index in [-0.39, 0.29) is 0 Å². The first-order valence-electron chi connectivity index (χ1n) is 6.05. The molecule has 1 fully saturated rings. The molecule has 0 amide bonds. The van der Waals surface area contributed by atoms with Crippen molar-refractivity contribution in [2.45, 2.75) is 31.9 Å². The molecule has 1 aliphatic rings. The van der Waals surface area contributed by atoms with Gasteiger partial charge in [-0.25, -0.2) is 4.58 Å². The molecule has 100 valence electrons. The second-order valence-electron chi connectivity index (χ2n) is 4.64. The normalized spacial score (nSPS) is 26.4. The van der Waals surface area contributed by atoms with Crippen molar-refractivity contribution in [1.82, 2.24) is 0 Å². The zero-order valence-corrected chi connectivity index (χ0v) is 12.3. The molecule has 0 saturated carbocycles. The Balaban J connectivity index is 1.70. The zero-order chi connectivity index (χ0) is 13.1. The SMILES string of the molecule is C[Si]1(CCCCc2ccccc2)OO[Si](O)(O)O1. The highest BCUT2D eigenvalue weighted by Gasteiger charge is 2.56. The lowest BCUT2D eigenvalue weighted by Crippen LogP contribution is -2.42. The van der Waals surface area contributed by atoms with E-state index in [1.807, 2.05) is 18.2 Å². The van der Waals surface area contributed by atoms with Crippen molar-refractivity contribution >= 4 is 17.6 Å². The number of hydrogen-bond donors (Lipinski definition) is 2. The number of rotatable bonds is 5. The van der Waals surface area contributed by atoms with Crippen LogP contribution in [0.4, 0.5) is 0 Å². The third-order valence-corrected chi connectivity index (χ3v) is 7.82. The van der Waals surface area contributed by atoms with Gasteiger partial charge >= 0.3 is 17.6 Å². The Morgan fingerprint density at radius 3 is 2.39 bits per heavy atom. The van der Waals surface area contributed by atoms with Crippen LogP contribution in [-0.2, 0) is 19.7 Å². The molecule has 7 heteroatoms. The fraction of sp³-hybridized carbons (Fsp3) is 0.455. The zero-order valence-electron chi connectivity index (χ0n) is 10.3. The van der Waals surface area contributed by atoms with Crippen LogP contribution in [0.25, 0.3) is 0 Å². The molecule has 1 atom stereocenters. The van der Waals surface area contributed by atoms with E-state index in [1.54, 1.807) is 6.55 Å². The Hall–Kier alpha value is -0.546. The summed E-state index contributed by atoms with van der Waals surface area (Å²) in [5.41, 5.74) is 1.31. The standard InChI is InChI=1S/C11H18O5Si2/c1-17(14-15-18(12,13)16-17)10-6-5-9-11-7-3-2-4-8-11/h2-4,7-8,12-13H,5-6,9-10H2,1H3. The number of unbranched alkanes of at least 4 members (excludes halogenated alkanes) is 1. The number of hydrogen-bond acceptors (Lipinski definition) is 5. The highest BCUT2D eigenvalue weighted by atomic mass is 28.5. The summed E-state index contributed by atoms with van der Waals surface area (Å²) in [5.74, 6) is 0. The number of aryl methyl sites for hydroxylation is 1. The predicted octanol–water partition coefficient (Wildman–Crippen LogP) is 1.48. The van der Waals surface area contributed by atoms with Gasteiger partial charge in [-0.2, -0.15) is 0 Å². The molecule has 1 unspecified atom stereocenters. The molecule has 18 heavy (non-hydrogen) atoms. The monoisotopic (exact) mass is 286 g/mol. The molecule has 0 aliphatic carbocycles. The van der Waals surface area contributed by atoms with Crippen LogP contribution in [-0.4, -0.2) is 27.2 Å². The Kier molecular flexibility index (Phi) is 4.33. The lowest BCUT2D eigenvalue weighted by molar-refractivity contribution is -0.146. The van der Waals surface area contributed by atoms with Crippen molar-refractivity contribution in [1.29, 1.82) is 0 Å². The van der Waals surface area contributed by atoms with Crippen LogP contribution in [0, 0.1) is 0 Å². The van der Waals surface area contributed by atoms with Crippen molar-refractivity contribution < 1.29 is 22.9 Å². The minimum Gasteiger partial charge on any atom is -0.367 e. The van der Waals surface area contributed by atoms with E-state index in [2.05, 4.69) is 16.7 Å². The fourth-order valence-corrected chi connectivity index (χ4v) is 7.02. The highest BCUT2D eigenvalue weighted by molar-refractivity contribution is 6.76. The minimum atomic E-state index is -3.96. The predicted molar refractivity (Wildman–Crippen MR) is 69.3 cm³/mol. The lowest BCUT2D eigenvalue weighted by Gasteiger charge is -2.16. The summed E-state index contributed by atoms with van der Waals surface area (Å²) in [6.07, 6.45) is 2.95. The molecule has 0 aromatic heterocycles. The van der Waals surface area contributed by atoms with Gasteiger partial charge in [0.05, 0.1) is 0 Å². The van der Waals surface area contributed by atoms with Crippen LogP contribution in [0.15, 0.2) is 30.3 Å². The summed E-state index contributed by atoms with van der Waals surface area (Å²) in [6.45, 7) is 1.79. The van der Waals surface area contributed by atoms with Crippen molar-refractivity contribution in [2.24, 2.45) is 0 Å². The van der Waals surface area contributed by atoms with Gasteiger partial charge in [0.1, 0.15) is 0 Å². The molecule has 2 rings (SSSR count). The van der Waals surface area contributed by atoms with E-state index in [4.69, 9.17) is 8.69 Å². The maximum absolute atomic E-state index is 9.22. The Morgan fingerprint density at radius 2 is 1.78 bits per heavy atom. The van der Waals surface area contributed by atoms with E-state index in [1.165, 1.54) is 5.56 Å². The van der Waals surface area contributed by atoms with Gasteiger partial charge in [0.2, 0.25) is 0 Å². The summed E-state index contributed by atoms with van der Waals surface area (Å²) in [6, 6.07) is 11.0. The molecule has 1 aromatic rings. The average Bonchev–Trinajstić information content (AvgIpc) is 2.61. The molecule has 1 heterocycles. The lowest BCUT2D eigenvalue weighted by atomic mass is 10.1. The van der Waals surface area contributed by atoms with Crippen LogP contribution < -0.4 is 0 Å². The van der Waals surface area contributed by atoms with Crippen LogP contribution in [0.3, 0.4) is 0 Å². The van der Waals surface area contributed by atoms with E-state index < -0.39 is 17.6 Å². The first kappa shape index (κ1) is 13.9. The molecular weight excluding hydrogens is 268 g/mol. The Morgan fingerprint density at radius 1 is 1.06 bits per heavy atom. The topological polar surface area (TPSA) is 68.2 Å². The van der Waals surface area contributed by atoms with Gasteiger partial charge in [0.15, 0.2) is 0 Å². The molecule has 2 N–H and O–H groups in total. The molecule has 0 radical (unpaired) electrons. The van der Waals surface area contributed by atoms with Gasteiger partial charge < -0.3 is 13.7 Å². The minimum absolute atomic E-state index is 0.704. The Bertz CT molecular complexity index is 386. The molecule has 0 bridgehead atoms. The summed E-state index contributed by atoms with van der Waals surface area (Å²) in [4.78, 5) is 18.4. The van der Waals surface area contributed by atoms with Crippen molar-refractivity contribution in [3.63, 3.8) is 0 Å². The average molecular weight is 286 g/mol. The third-order valence-electron chi connectivity index (χ3n) is 2.86. The van der Waals surface area contributed by atoms with Gasteiger partial charge in [-0.3, -0.25) is 4.58 Å². The van der Waals surface area contributed by atoms with Crippen molar-refractivity contribution in [3.8, 4) is 0 Å². The Labute approximate surface area is 109 Å². The van der Waals surface area contributed by atoms with E-state index >= 15 is 0 Å². The first-order chi connectivity index (χ1) is 8.49. The summed E-state index contributed by atoms with van der Waals surface area (Å²) in [5, 5.41) is 0. The molecule has 0 spiro atoms. The molecule has 1 aromatic carbocycles. The summed E-state index contributed by atoms with van der Waals surface area (Å²) < 4.78 is 14.6. The van der Waals surface area contributed by atoms with E-state index in [0.717, 1.165) is 19.3 Å². The van der Waals surface area contributed by atoms with Gasteiger partial charge in [0, 0.05) is 0 Å². The van der Waals surface area contributed by atoms with Gasteiger partial charge in [0.25, 0.3) is 0 Å². The van der Waals surface area contributed by atoms with E-state index in [9.17, 15) is 9.59 Å². The summed E-state index contributed by atoms with van der Waals surface area (Å²) >= 11 is 0. The van der Waals surface area contributed by atoms with Crippen molar-refractivity contribution in [3.05, 3.63) is 35.9 Å². The quantitative estimate of drug-likeness (QED) is 0.487. The van der Waals surface area contributed by atoms with Gasteiger partial charge in [-0.05, 0) is 31.0 Å². The summed E-state index contributed by atoms with van der Waals surface area (Å²) in [7, 11) is -6.48. The molecule has 1 aliphatic heterocycles. The van der Waals surface area contributed by atoms with Crippen LogP contribution in [0.2, 0.25) is 12.6 Å².